The number of fused-ring (bicyclic) bond motifs is 2. The van der Waals surface area contributed by atoms with Crippen molar-refractivity contribution in [3.05, 3.63) is 131 Å². The molecule has 51 heavy (non-hydrogen) atoms. The van der Waals surface area contributed by atoms with Crippen LogP contribution in [0, 0.1) is 0 Å². The minimum Gasteiger partial charge on any atom is -1.00 e. The van der Waals surface area contributed by atoms with Crippen molar-refractivity contribution < 1.29 is 48.1 Å². The minimum absolute atomic E-state index is 0. The van der Waals surface area contributed by atoms with Crippen molar-refractivity contribution >= 4 is 27.0 Å². The molecule has 0 heterocycles. The third-order valence-corrected chi connectivity index (χ3v) is 10.6. The van der Waals surface area contributed by atoms with Gasteiger partial charge in [0.05, 0.1) is 0 Å². The quantitative estimate of drug-likeness (QED) is 0.107. The van der Waals surface area contributed by atoms with Gasteiger partial charge in [-0.25, -0.2) is 0 Å². The van der Waals surface area contributed by atoms with Gasteiger partial charge in [0.1, 0.15) is 0 Å². The van der Waals surface area contributed by atoms with Crippen molar-refractivity contribution in [3.63, 3.8) is 0 Å². The van der Waals surface area contributed by atoms with E-state index in [0.717, 1.165) is 12.3 Å². The zero-order chi connectivity index (χ0) is 34.9. The average Bonchev–Trinajstić information content (AvgIpc) is 3.91. The largest absolute Gasteiger partial charge is 1.00 e. The Hall–Kier alpha value is -2.22. The first-order chi connectivity index (χ1) is 23.7. The summed E-state index contributed by atoms with van der Waals surface area (Å²) in [6.45, 7) is 15.9. The second-order valence-electron chi connectivity index (χ2n) is 14.5. The van der Waals surface area contributed by atoms with Crippen molar-refractivity contribution in [2.24, 2.45) is 0 Å². The monoisotopic (exact) mass is 808 g/mol. The van der Waals surface area contributed by atoms with Crippen LogP contribution in [-0.2, 0) is 29.8 Å². The van der Waals surface area contributed by atoms with E-state index in [4.69, 9.17) is 0 Å². The van der Waals surface area contributed by atoms with Gasteiger partial charge in [0, 0.05) is 0 Å². The molecule has 0 saturated heterocycles. The normalized spacial score (nSPS) is 13.7. The molecule has 6 aromatic carbocycles. The van der Waals surface area contributed by atoms with Gasteiger partial charge in [0.25, 0.3) is 0 Å². The molecule has 0 N–H and O–H groups in total. The SMILES string of the molecule is CCC(C)c1ccc(-c2cccc3[cH-]c(C4CCCC4)cc23)cc1.CCc1cc2c(-c3ccc(C(C)CC)cc3)cccc2[cH-]1.C[Si](C)=[Zr+2].[Cl-].[Cl-]. The van der Waals surface area contributed by atoms with Crippen LogP contribution >= 0.6 is 0 Å². The van der Waals surface area contributed by atoms with Crippen molar-refractivity contribution in [2.75, 3.05) is 0 Å². The molecule has 268 valence electrons. The fourth-order valence-electron chi connectivity index (χ4n) is 7.21. The number of halogens is 2. The van der Waals surface area contributed by atoms with E-state index in [1.165, 1.54) is 99.0 Å². The van der Waals surface area contributed by atoms with Gasteiger partial charge in [-0.15, -0.1) is 69.1 Å². The molecule has 0 spiro atoms. The molecule has 0 bridgehead atoms. The average molecular weight is 811 g/mol. The van der Waals surface area contributed by atoms with Gasteiger partial charge in [-0.3, -0.25) is 0 Å². The van der Waals surface area contributed by atoms with Gasteiger partial charge in [0.15, 0.2) is 0 Å². The molecule has 2 atom stereocenters. The van der Waals surface area contributed by atoms with Crippen molar-refractivity contribution in [1.82, 2.24) is 0 Å². The molecule has 1 aliphatic carbocycles. The Bertz CT molecular complexity index is 1940. The standard InChI is InChI=1S/C24H27.C21H23.C2H6Si.2ClH.Zr/c1-3-17(2)18-11-13-20(14-12-18)23-10-6-9-21-15-22(16-24(21)23)19-7-4-5-8-19;1-4-15(3)17-9-11-18(12-10-17)20-8-6-7-19-13-16(5-2)14-21(19)20;1-3-2;;;/h6,9-17,19H,3-5,7-8H2,1-2H3;6-15H,4-5H2,1-3H3;1-2H3;2*1H;/q2*-1;;;;+2/p-2. The molecular weight excluding hydrogens is 755 g/mol. The summed E-state index contributed by atoms with van der Waals surface area (Å²) in [4.78, 5) is 0. The maximum Gasteiger partial charge on any atom is -1.00 e. The van der Waals surface area contributed by atoms with E-state index in [9.17, 15) is 0 Å². The Kier molecular flexibility index (Phi) is 17.7. The fraction of sp³-hybridized carbons (Fsp3) is 0.362. The maximum atomic E-state index is 2.46. The molecule has 6 aromatic rings. The van der Waals surface area contributed by atoms with Gasteiger partial charge in [-0.1, -0.05) is 119 Å². The molecule has 0 aliphatic heterocycles. The van der Waals surface area contributed by atoms with Crippen LogP contribution in [0.4, 0.5) is 0 Å². The molecule has 1 aliphatic rings. The zero-order valence-electron chi connectivity index (χ0n) is 31.8. The molecule has 1 saturated carbocycles. The maximum absolute atomic E-state index is 2.46. The van der Waals surface area contributed by atoms with E-state index in [-0.39, 0.29) is 30.2 Å². The number of aryl methyl sites for hydroxylation is 1. The Balaban J connectivity index is 0.000000243. The Labute approximate surface area is 336 Å². The van der Waals surface area contributed by atoms with Crippen molar-refractivity contribution in [1.29, 1.82) is 0 Å². The van der Waals surface area contributed by atoms with E-state index in [2.05, 4.69) is 157 Å². The summed E-state index contributed by atoms with van der Waals surface area (Å²) in [5.74, 6) is 2.07. The first kappa shape index (κ1) is 43.2. The summed E-state index contributed by atoms with van der Waals surface area (Å²) < 4.78 is 0. The van der Waals surface area contributed by atoms with E-state index >= 15 is 0 Å². The third-order valence-electron chi connectivity index (χ3n) is 10.6. The first-order valence-corrected chi connectivity index (χ1v) is 25.0. The van der Waals surface area contributed by atoms with Crippen LogP contribution in [0.1, 0.15) is 113 Å². The van der Waals surface area contributed by atoms with Gasteiger partial charge < -0.3 is 24.8 Å². The van der Waals surface area contributed by atoms with Crippen molar-refractivity contribution in [3.8, 4) is 22.3 Å². The summed E-state index contributed by atoms with van der Waals surface area (Å²) in [6.07, 6.45) is 9.03. The molecule has 7 rings (SSSR count). The first-order valence-electron chi connectivity index (χ1n) is 18.8. The van der Waals surface area contributed by atoms with Crippen LogP contribution in [0.5, 0.6) is 0 Å². The summed E-state index contributed by atoms with van der Waals surface area (Å²) in [5.41, 5.74) is 11.5. The topological polar surface area (TPSA) is 0 Å². The van der Waals surface area contributed by atoms with Crippen LogP contribution in [-0.4, -0.2) is 5.43 Å². The molecule has 1 fully saturated rings. The number of benzene rings is 4. The predicted molar refractivity (Wildman–Crippen MR) is 215 cm³/mol. The summed E-state index contributed by atoms with van der Waals surface area (Å²) >= 11 is 1.74. The second kappa shape index (κ2) is 20.9. The minimum atomic E-state index is 0. The smallest absolute Gasteiger partial charge is 1.00 e. The molecule has 0 nitrogen and oxygen atoms in total. The number of hydrogen-bond acceptors (Lipinski definition) is 0. The Morgan fingerprint density at radius 2 is 1.08 bits per heavy atom. The van der Waals surface area contributed by atoms with Crippen LogP contribution in [0.15, 0.2) is 109 Å². The molecule has 0 radical (unpaired) electrons. The number of rotatable bonds is 8. The second-order valence-corrected chi connectivity index (χ2v) is 23.8. The number of hydrogen-bond donors (Lipinski definition) is 0. The van der Waals surface area contributed by atoms with E-state index in [1.807, 2.05) is 0 Å². The molecule has 2 unspecified atom stereocenters. The van der Waals surface area contributed by atoms with Crippen LogP contribution < -0.4 is 24.8 Å². The third kappa shape index (κ3) is 11.1. The molecule has 0 aromatic heterocycles. The van der Waals surface area contributed by atoms with Gasteiger partial charge in [-0.2, -0.15) is 12.1 Å². The Morgan fingerprint density at radius 3 is 1.51 bits per heavy atom. The summed E-state index contributed by atoms with van der Waals surface area (Å²) in [5, 5.41) is 5.57. The van der Waals surface area contributed by atoms with Gasteiger partial charge in [-0.05, 0) is 72.1 Å². The Morgan fingerprint density at radius 1 is 0.647 bits per heavy atom. The fourth-order valence-corrected chi connectivity index (χ4v) is 7.21. The van der Waals surface area contributed by atoms with Gasteiger partial charge >= 0.3 is 41.9 Å². The summed E-state index contributed by atoms with van der Waals surface area (Å²) in [6, 6.07) is 41.3. The van der Waals surface area contributed by atoms with Crippen LogP contribution in [0.3, 0.4) is 0 Å². The molecule has 4 heteroatoms. The predicted octanol–water partition coefficient (Wildman–Crippen LogP) is 8.49. The van der Waals surface area contributed by atoms with Crippen LogP contribution in [0.25, 0.3) is 43.8 Å². The molecule has 0 amide bonds. The van der Waals surface area contributed by atoms with E-state index in [1.54, 1.807) is 28.9 Å². The van der Waals surface area contributed by atoms with E-state index in [0.29, 0.717) is 11.8 Å². The zero-order valence-corrected chi connectivity index (χ0v) is 36.8. The van der Waals surface area contributed by atoms with E-state index < -0.39 is 0 Å². The van der Waals surface area contributed by atoms with Crippen LogP contribution in [0.2, 0.25) is 13.1 Å². The van der Waals surface area contributed by atoms with Gasteiger partial charge in [0.2, 0.25) is 0 Å². The molecular formula is C47H56Cl2SiZr-2. The summed E-state index contributed by atoms with van der Waals surface area (Å²) in [7, 11) is 0. The van der Waals surface area contributed by atoms with Crippen molar-refractivity contribution in [2.45, 2.75) is 110 Å².